The largest absolute Gasteiger partial charge is 0.338 e. The third-order valence-corrected chi connectivity index (χ3v) is 4.48. The molecule has 1 rings (SSSR count). The number of urea groups is 1. The SMILES string of the molecule is CCCCCNC(=O)NCCCC/C=C\CCCCCCC1N=CNN1. The lowest BCUT2D eigenvalue weighted by Crippen LogP contribution is -2.36. The van der Waals surface area contributed by atoms with Gasteiger partial charge < -0.3 is 16.1 Å². The number of rotatable bonds is 16. The molecule has 1 atom stereocenters. The highest BCUT2D eigenvalue weighted by Gasteiger charge is 2.07. The van der Waals surface area contributed by atoms with Crippen LogP contribution in [0.1, 0.15) is 84.0 Å². The van der Waals surface area contributed by atoms with Crippen molar-refractivity contribution < 1.29 is 4.79 Å². The van der Waals surface area contributed by atoms with Crippen molar-refractivity contribution in [2.75, 3.05) is 13.1 Å². The first-order chi connectivity index (χ1) is 12.8. The molecule has 0 radical (unpaired) electrons. The Kier molecular flexibility index (Phi) is 14.6. The summed E-state index contributed by atoms with van der Waals surface area (Å²) in [6, 6.07) is -0.0246. The summed E-state index contributed by atoms with van der Waals surface area (Å²) in [5.41, 5.74) is 6.01. The fourth-order valence-electron chi connectivity index (χ4n) is 2.86. The van der Waals surface area contributed by atoms with Gasteiger partial charge in [0.25, 0.3) is 0 Å². The number of hydrogen-bond acceptors (Lipinski definition) is 4. The van der Waals surface area contributed by atoms with Gasteiger partial charge in [-0.3, -0.25) is 4.99 Å². The van der Waals surface area contributed by atoms with Crippen molar-refractivity contribution in [3.8, 4) is 0 Å². The molecule has 0 saturated heterocycles. The fraction of sp³-hybridized carbons (Fsp3) is 0.800. The van der Waals surface area contributed by atoms with Gasteiger partial charge in [0.1, 0.15) is 6.17 Å². The monoisotopic (exact) mass is 365 g/mol. The minimum Gasteiger partial charge on any atom is -0.338 e. The Balaban J connectivity index is 1.76. The minimum atomic E-state index is -0.0246. The normalized spacial score (nSPS) is 16.1. The zero-order valence-electron chi connectivity index (χ0n) is 16.6. The number of nitrogens with one attached hydrogen (secondary N) is 4. The summed E-state index contributed by atoms with van der Waals surface area (Å²) < 4.78 is 0. The van der Waals surface area contributed by atoms with Crippen LogP contribution in [0.5, 0.6) is 0 Å². The summed E-state index contributed by atoms with van der Waals surface area (Å²) >= 11 is 0. The van der Waals surface area contributed by atoms with Crippen molar-refractivity contribution in [3.63, 3.8) is 0 Å². The highest BCUT2D eigenvalue weighted by Crippen LogP contribution is 2.09. The highest BCUT2D eigenvalue weighted by atomic mass is 16.2. The maximum Gasteiger partial charge on any atom is 0.314 e. The predicted octanol–water partition coefficient (Wildman–Crippen LogP) is 4.01. The van der Waals surface area contributed by atoms with Crippen LogP contribution in [-0.4, -0.2) is 31.6 Å². The van der Waals surface area contributed by atoms with E-state index in [2.05, 4.69) is 45.6 Å². The zero-order valence-corrected chi connectivity index (χ0v) is 16.6. The van der Waals surface area contributed by atoms with E-state index >= 15 is 0 Å². The summed E-state index contributed by atoms with van der Waals surface area (Å²) in [5.74, 6) is 0. The van der Waals surface area contributed by atoms with Crippen molar-refractivity contribution in [1.29, 1.82) is 0 Å². The molecule has 0 aromatic carbocycles. The molecule has 0 spiro atoms. The van der Waals surface area contributed by atoms with E-state index in [-0.39, 0.29) is 12.2 Å². The van der Waals surface area contributed by atoms with E-state index in [0.29, 0.717) is 0 Å². The van der Waals surface area contributed by atoms with Crippen LogP contribution in [0.25, 0.3) is 0 Å². The molecule has 0 saturated carbocycles. The number of hydrogen-bond donors (Lipinski definition) is 4. The number of aliphatic imine (C=N–C) groups is 1. The topological polar surface area (TPSA) is 77.5 Å². The van der Waals surface area contributed by atoms with Crippen LogP contribution >= 0.6 is 0 Å². The molecule has 0 aliphatic carbocycles. The molecule has 4 N–H and O–H groups in total. The minimum absolute atomic E-state index is 0.0246. The van der Waals surface area contributed by atoms with Crippen LogP contribution in [0.4, 0.5) is 4.79 Å². The third-order valence-electron chi connectivity index (χ3n) is 4.48. The first-order valence-corrected chi connectivity index (χ1v) is 10.5. The fourth-order valence-corrected chi connectivity index (χ4v) is 2.86. The predicted molar refractivity (Wildman–Crippen MR) is 110 cm³/mol. The van der Waals surface area contributed by atoms with Gasteiger partial charge >= 0.3 is 6.03 Å². The molecule has 150 valence electrons. The van der Waals surface area contributed by atoms with Crippen LogP contribution < -0.4 is 21.5 Å². The molecule has 1 unspecified atom stereocenters. The number of carbonyl (C=O) groups excluding carboxylic acids is 1. The Bertz CT molecular complexity index is 398. The number of hydrazine groups is 1. The van der Waals surface area contributed by atoms with E-state index in [1.807, 2.05) is 0 Å². The summed E-state index contributed by atoms with van der Waals surface area (Å²) in [6.45, 7) is 3.71. The third kappa shape index (κ3) is 13.7. The standard InChI is InChI=1S/C20H39N5O/c1-2-3-13-16-21-20(26)22-17-14-11-9-7-5-4-6-8-10-12-15-19-23-18-24-25-19/h5,7,18-19,25H,2-4,6,8-17H2,1H3,(H,23,24)(H2,21,22,26)/b7-5-. The van der Waals surface area contributed by atoms with Crippen LogP contribution in [0.2, 0.25) is 0 Å². The second kappa shape index (κ2) is 16.9. The van der Waals surface area contributed by atoms with Gasteiger partial charge in [-0.15, -0.1) is 0 Å². The molecule has 1 aliphatic rings. The van der Waals surface area contributed by atoms with Crippen molar-refractivity contribution >= 4 is 12.4 Å². The number of nitrogens with zero attached hydrogens (tertiary/aromatic N) is 1. The smallest absolute Gasteiger partial charge is 0.314 e. The maximum atomic E-state index is 11.5. The van der Waals surface area contributed by atoms with Gasteiger partial charge in [-0.1, -0.05) is 44.8 Å². The van der Waals surface area contributed by atoms with Crippen molar-refractivity contribution in [3.05, 3.63) is 12.2 Å². The average Bonchev–Trinajstić information content (AvgIpc) is 3.16. The second-order valence-corrected chi connectivity index (χ2v) is 6.93. The van der Waals surface area contributed by atoms with Crippen molar-refractivity contribution in [1.82, 2.24) is 21.5 Å². The Hall–Kier alpha value is -1.56. The number of carbonyl (C=O) groups is 1. The van der Waals surface area contributed by atoms with E-state index in [1.54, 1.807) is 6.34 Å². The summed E-state index contributed by atoms with van der Waals surface area (Å²) in [4.78, 5) is 15.8. The molecular weight excluding hydrogens is 326 g/mol. The first-order valence-electron chi connectivity index (χ1n) is 10.5. The molecule has 0 aromatic rings. The molecule has 6 nitrogen and oxygen atoms in total. The van der Waals surface area contributed by atoms with E-state index in [4.69, 9.17) is 0 Å². The van der Waals surface area contributed by atoms with Gasteiger partial charge in [-0.05, 0) is 51.4 Å². The van der Waals surface area contributed by atoms with Crippen LogP contribution in [0, 0.1) is 0 Å². The van der Waals surface area contributed by atoms with E-state index in [1.165, 1.54) is 44.9 Å². The van der Waals surface area contributed by atoms with Gasteiger partial charge in [0.15, 0.2) is 0 Å². The van der Waals surface area contributed by atoms with Gasteiger partial charge in [-0.25, -0.2) is 10.2 Å². The van der Waals surface area contributed by atoms with E-state index in [0.717, 1.165) is 45.2 Å². The van der Waals surface area contributed by atoms with Crippen LogP contribution in [-0.2, 0) is 0 Å². The summed E-state index contributed by atoms with van der Waals surface area (Å²) in [6.07, 6.45) is 20.7. The van der Waals surface area contributed by atoms with Crippen molar-refractivity contribution in [2.24, 2.45) is 4.99 Å². The Morgan fingerprint density at radius 1 is 0.962 bits per heavy atom. The van der Waals surface area contributed by atoms with Gasteiger partial charge in [-0.2, -0.15) is 0 Å². The van der Waals surface area contributed by atoms with Gasteiger partial charge in [0, 0.05) is 13.1 Å². The molecule has 6 heteroatoms. The quantitative estimate of drug-likeness (QED) is 0.247. The Labute approximate surface area is 159 Å². The number of allylic oxidation sites excluding steroid dienone is 2. The molecule has 2 amide bonds. The number of unbranched alkanes of at least 4 members (excludes halogenated alkanes) is 8. The second-order valence-electron chi connectivity index (χ2n) is 6.93. The lowest BCUT2D eigenvalue weighted by atomic mass is 10.1. The maximum absolute atomic E-state index is 11.5. The molecular formula is C20H39N5O. The van der Waals surface area contributed by atoms with E-state index in [9.17, 15) is 4.79 Å². The van der Waals surface area contributed by atoms with Gasteiger partial charge in [0.05, 0.1) is 6.34 Å². The van der Waals surface area contributed by atoms with Crippen LogP contribution in [0.3, 0.4) is 0 Å². The molecule has 1 aliphatic heterocycles. The Morgan fingerprint density at radius 2 is 1.62 bits per heavy atom. The Morgan fingerprint density at radius 3 is 2.27 bits per heavy atom. The molecule has 26 heavy (non-hydrogen) atoms. The highest BCUT2D eigenvalue weighted by molar-refractivity contribution is 5.73. The first kappa shape index (κ1) is 22.5. The van der Waals surface area contributed by atoms with Gasteiger partial charge in [0.2, 0.25) is 0 Å². The van der Waals surface area contributed by atoms with Crippen LogP contribution in [0.15, 0.2) is 17.1 Å². The molecule has 0 aromatic heterocycles. The molecule has 1 heterocycles. The average molecular weight is 366 g/mol. The molecule has 0 fully saturated rings. The zero-order chi connectivity index (χ0) is 18.7. The summed E-state index contributed by atoms with van der Waals surface area (Å²) in [7, 11) is 0. The lowest BCUT2D eigenvalue weighted by molar-refractivity contribution is 0.240. The molecule has 0 bridgehead atoms. The van der Waals surface area contributed by atoms with E-state index < -0.39 is 0 Å². The van der Waals surface area contributed by atoms with Crippen molar-refractivity contribution in [2.45, 2.75) is 90.1 Å². The lowest BCUT2D eigenvalue weighted by Gasteiger charge is -2.06. The summed E-state index contributed by atoms with van der Waals surface area (Å²) in [5, 5.41) is 5.81. The number of amides is 2.